The largest absolute Gasteiger partial charge is 0.462 e. The maximum Gasteiger partial charge on any atom is 0.338 e. The first-order chi connectivity index (χ1) is 10.1. The molecule has 0 atom stereocenters. The minimum absolute atomic E-state index is 0.260. The highest BCUT2D eigenvalue weighted by Crippen LogP contribution is 2.09. The summed E-state index contributed by atoms with van der Waals surface area (Å²) in [6.07, 6.45) is 3.75. The van der Waals surface area contributed by atoms with E-state index in [4.69, 9.17) is 4.74 Å². The van der Waals surface area contributed by atoms with Crippen LogP contribution in [-0.4, -0.2) is 30.6 Å². The lowest BCUT2D eigenvalue weighted by atomic mass is 10.1. The summed E-state index contributed by atoms with van der Waals surface area (Å²) in [4.78, 5) is 14.0. The number of carbonyl (C=O) groups is 1. The molecule has 1 aromatic rings. The molecule has 3 nitrogen and oxygen atoms in total. The minimum Gasteiger partial charge on any atom is -0.462 e. The second-order valence-electron chi connectivity index (χ2n) is 5.46. The van der Waals surface area contributed by atoms with E-state index >= 15 is 0 Å². The Labute approximate surface area is 127 Å². The number of ether oxygens (including phenoxy) is 1. The van der Waals surface area contributed by atoms with Gasteiger partial charge in [0.2, 0.25) is 0 Å². The molecule has 0 aromatic heterocycles. The monoisotopic (exact) mass is 287 g/mol. The zero-order valence-corrected chi connectivity index (χ0v) is 13.0. The number of hydrogen-bond acceptors (Lipinski definition) is 3. The van der Waals surface area contributed by atoms with Gasteiger partial charge in [-0.1, -0.05) is 38.1 Å². The van der Waals surface area contributed by atoms with Crippen molar-refractivity contribution >= 4 is 5.97 Å². The maximum atomic E-state index is 11.8. The van der Waals surface area contributed by atoms with Crippen molar-refractivity contribution < 1.29 is 9.53 Å². The number of carbonyl (C=O) groups excluding carboxylic acids is 1. The van der Waals surface area contributed by atoms with Crippen molar-refractivity contribution in [3.05, 3.63) is 60.7 Å². The van der Waals surface area contributed by atoms with Crippen molar-refractivity contribution in [2.24, 2.45) is 5.92 Å². The van der Waals surface area contributed by atoms with Crippen LogP contribution in [0.1, 0.15) is 29.8 Å². The van der Waals surface area contributed by atoms with Crippen LogP contribution in [0.4, 0.5) is 0 Å². The van der Waals surface area contributed by atoms with Gasteiger partial charge in [-0.3, -0.25) is 4.90 Å². The highest BCUT2D eigenvalue weighted by atomic mass is 16.5. The van der Waals surface area contributed by atoms with E-state index in [-0.39, 0.29) is 5.97 Å². The molecule has 0 radical (unpaired) electrons. The average Bonchev–Trinajstić information content (AvgIpc) is 2.46. The Balaban J connectivity index is 2.62. The summed E-state index contributed by atoms with van der Waals surface area (Å²) in [6.45, 7) is 14.4. The molecule has 1 rings (SSSR count). The van der Waals surface area contributed by atoms with Gasteiger partial charge in [0.1, 0.15) is 0 Å². The molecule has 0 heterocycles. The normalized spacial score (nSPS) is 10.7. The van der Waals surface area contributed by atoms with Crippen molar-refractivity contribution in [1.82, 2.24) is 4.90 Å². The van der Waals surface area contributed by atoms with Gasteiger partial charge in [0.05, 0.1) is 12.2 Å². The molecule has 114 valence electrons. The quantitative estimate of drug-likeness (QED) is 0.512. The summed E-state index contributed by atoms with van der Waals surface area (Å²) in [5.74, 6) is 0.0869. The molecule has 0 bridgehead atoms. The first-order valence-electron chi connectivity index (χ1n) is 7.27. The van der Waals surface area contributed by atoms with E-state index in [2.05, 4.69) is 18.1 Å². The number of rotatable bonds is 9. The van der Waals surface area contributed by atoms with E-state index in [0.717, 1.165) is 25.2 Å². The third-order valence-electron chi connectivity index (χ3n) is 2.92. The Bertz CT molecular complexity index is 453. The van der Waals surface area contributed by atoms with Crippen molar-refractivity contribution in [2.75, 3.05) is 19.7 Å². The lowest BCUT2D eigenvalue weighted by molar-refractivity contribution is 0.0459. The van der Waals surface area contributed by atoms with Crippen LogP contribution in [0.25, 0.3) is 0 Å². The number of benzene rings is 1. The minimum atomic E-state index is -0.260. The van der Waals surface area contributed by atoms with Gasteiger partial charge in [0.15, 0.2) is 0 Å². The van der Waals surface area contributed by atoms with Crippen LogP contribution >= 0.6 is 0 Å². The summed E-state index contributed by atoms with van der Waals surface area (Å²) in [5.41, 5.74) is 1.75. The van der Waals surface area contributed by atoms with E-state index in [1.165, 1.54) is 0 Å². The summed E-state index contributed by atoms with van der Waals surface area (Å²) in [7, 11) is 0. The molecule has 0 unspecified atom stereocenters. The lowest BCUT2D eigenvalue weighted by Gasteiger charge is -2.18. The predicted molar refractivity (Wildman–Crippen MR) is 87.2 cm³/mol. The maximum absolute atomic E-state index is 11.8. The van der Waals surface area contributed by atoms with E-state index in [1.54, 1.807) is 0 Å². The second kappa shape index (κ2) is 9.14. The Kier molecular flexibility index (Phi) is 7.48. The molecule has 0 aliphatic carbocycles. The van der Waals surface area contributed by atoms with Gasteiger partial charge in [-0.15, -0.1) is 13.2 Å². The number of esters is 1. The zero-order valence-electron chi connectivity index (χ0n) is 13.0. The molecular weight excluding hydrogens is 262 g/mol. The second-order valence-corrected chi connectivity index (χ2v) is 5.46. The first-order valence-corrected chi connectivity index (χ1v) is 7.27. The van der Waals surface area contributed by atoms with Gasteiger partial charge in [-0.05, 0) is 23.6 Å². The Morgan fingerprint density at radius 3 is 2.24 bits per heavy atom. The summed E-state index contributed by atoms with van der Waals surface area (Å²) >= 11 is 0. The fourth-order valence-corrected chi connectivity index (χ4v) is 1.90. The standard InChI is InChI=1S/C18H25NO2/c1-5-11-19(12-6-2)13-16-7-9-17(10-8-16)18(20)21-14-15(3)4/h5-10,15H,1-2,11-14H2,3-4H3. The molecule has 0 fully saturated rings. The Morgan fingerprint density at radius 1 is 1.19 bits per heavy atom. The molecule has 21 heavy (non-hydrogen) atoms. The van der Waals surface area contributed by atoms with Crippen molar-refractivity contribution in [3.63, 3.8) is 0 Å². The Hall–Kier alpha value is -1.87. The van der Waals surface area contributed by atoms with Crippen LogP contribution in [0.3, 0.4) is 0 Å². The molecule has 0 spiro atoms. The van der Waals surface area contributed by atoms with Gasteiger partial charge in [0, 0.05) is 19.6 Å². The van der Waals surface area contributed by atoms with Crippen LogP contribution in [0.15, 0.2) is 49.6 Å². The zero-order chi connectivity index (χ0) is 15.7. The fraction of sp³-hybridized carbons (Fsp3) is 0.389. The van der Waals surface area contributed by atoms with Gasteiger partial charge in [-0.25, -0.2) is 4.79 Å². The van der Waals surface area contributed by atoms with Gasteiger partial charge < -0.3 is 4.74 Å². The molecule has 0 N–H and O–H groups in total. The van der Waals surface area contributed by atoms with Crippen LogP contribution in [-0.2, 0) is 11.3 Å². The van der Waals surface area contributed by atoms with Crippen molar-refractivity contribution in [2.45, 2.75) is 20.4 Å². The van der Waals surface area contributed by atoms with Crippen LogP contribution < -0.4 is 0 Å². The topological polar surface area (TPSA) is 29.5 Å². The molecule has 1 aromatic carbocycles. The highest BCUT2D eigenvalue weighted by Gasteiger charge is 2.09. The summed E-state index contributed by atoms with van der Waals surface area (Å²) in [6, 6.07) is 7.56. The number of hydrogen-bond donors (Lipinski definition) is 0. The number of nitrogens with zero attached hydrogens (tertiary/aromatic N) is 1. The highest BCUT2D eigenvalue weighted by molar-refractivity contribution is 5.89. The van der Waals surface area contributed by atoms with Crippen LogP contribution in [0.2, 0.25) is 0 Å². The van der Waals surface area contributed by atoms with Gasteiger partial charge in [0.25, 0.3) is 0 Å². The predicted octanol–water partition coefficient (Wildman–Crippen LogP) is 3.67. The molecule has 0 saturated carbocycles. The van der Waals surface area contributed by atoms with E-state index in [1.807, 2.05) is 50.3 Å². The molecular formula is C18H25NO2. The van der Waals surface area contributed by atoms with Gasteiger partial charge >= 0.3 is 5.97 Å². The molecule has 0 saturated heterocycles. The van der Waals surface area contributed by atoms with E-state index < -0.39 is 0 Å². The van der Waals surface area contributed by atoms with E-state index in [9.17, 15) is 4.79 Å². The average molecular weight is 287 g/mol. The third kappa shape index (κ3) is 6.41. The lowest BCUT2D eigenvalue weighted by Crippen LogP contribution is -2.23. The van der Waals surface area contributed by atoms with Crippen LogP contribution in [0.5, 0.6) is 0 Å². The van der Waals surface area contributed by atoms with Gasteiger partial charge in [-0.2, -0.15) is 0 Å². The SMILES string of the molecule is C=CCN(CC=C)Cc1ccc(C(=O)OCC(C)C)cc1. The Morgan fingerprint density at radius 2 is 1.76 bits per heavy atom. The third-order valence-corrected chi connectivity index (χ3v) is 2.92. The van der Waals surface area contributed by atoms with Crippen LogP contribution in [0, 0.1) is 5.92 Å². The molecule has 0 amide bonds. The van der Waals surface area contributed by atoms with Crippen molar-refractivity contribution in [1.29, 1.82) is 0 Å². The smallest absolute Gasteiger partial charge is 0.338 e. The molecule has 3 heteroatoms. The summed E-state index contributed by atoms with van der Waals surface area (Å²) < 4.78 is 5.21. The molecule has 0 aliphatic rings. The fourth-order valence-electron chi connectivity index (χ4n) is 1.90. The first kappa shape index (κ1) is 17.2. The summed E-state index contributed by atoms with van der Waals surface area (Å²) in [5, 5.41) is 0. The van der Waals surface area contributed by atoms with Crippen molar-refractivity contribution in [3.8, 4) is 0 Å². The van der Waals surface area contributed by atoms with E-state index in [0.29, 0.717) is 18.1 Å². The molecule has 0 aliphatic heterocycles.